The van der Waals surface area contributed by atoms with E-state index in [4.69, 9.17) is 5.73 Å². The standard InChI is InChI=1S/C29H30N6O5S/c30-27(36)25(17-20-18-31-24-14-8-7-13-23(20)24)33-28(37)26-19-34(29(38)32-21-9-3-1-4-10-21)15-16-35(26)41(39,40)22-11-5-2-6-12-22/h1-14,18,25-26,31H,15-17,19H2,(H2,30,36)(H,32,38)(H,33,37). The zero-order valence-corrected chi connectivity index (χ0v) is 22.9. The van der Waals surface area contributed by atoms with Crippen LogP contribution in [-0.2, 0) is 26.0 Å². The zero-order valence-electron chi connectivity index (χ0n) is 22.1. The molecule has 0 radical (unpaired) electrons. The molecule has 1 saturated heterocycles. The van der Waals surface area contributed by atoms with Crippen molar-refractivity contribution >= 4 is 44.5 Å². The van der Waals surface area contributed by atoms with Crippen LogP contribution in [0.25, 0.3) is 10.9 Å². The van der Waals surface area contributed by atoms with E-state index in [1.54, 1.807) is 48.7 Å². The molecule has 1 aromatic heterocycles. The van der Waals surface area contributed by atoms with Crippen molar-refractivity contribution < 1.29 is 22.8 Å². The van der Waals surface area contributed by atoms with Crippen LogP contribution in [0.15, 0.2) is 96.0 Å². The van der Waals surface area contributed by atoms with Gasteiger partial charge in [0.15, 0.2) is 0 Å². The number of para-hydroxylation sites is 2. The van der Waals surface area contributed by atoms with Gasteiger partial charge in [-0.25, -0.2) is 13.2 Å². The lowest BCUT2D eigenvalue weighted by Crippen LogP contribution is -2.63. The molecule has 4 amide bonds. The summed E-state index contributed by atoms with van der Waals surface area (Å²) in [5.74, 6) is -1.50. The average Bonchev–Trinajstić information content (AvgIpc) is 3.40. The smallest absolute Gasteiger partial charge is 0.321 e. The normalized spacial score (nSPS) is 16.7. The van der Waals surface area contributed by atoms with E-state index in [0.717, 1.165) is 20.8 Å². The van der Waals surface area contributed by atoms with Gasteiger partial charge in [-0.3, -0.25) is 9.59 Å². The van der Waals surface area contributed by atoms with Crippen LogP contribution in [0.5, 0.6) is 0 Å². The number of aromatic amines is 1. The summed E-state index contributed by atoms with van der Waals surface area (Å²) < 4.78 is 28.3. The lowest BCUT2D eigenvalue weighted by atomic mass is 10.0. The van der Waals surface area contributed by atoms with E-state index in [9.17, 15) is 22.8 Å². The second kappa shape index (κ2) is 11.8. The van der Waals surface area contributed by atoms with Gasteiger partial charge in [0, 0.05) is 48.8 Å². The van der Waals surface area contributed by atoms with E-state index >= 15 is 0 Å². The molecule has 212 valence electrons. The van der Waals surface area contributed by atoms with Crippen molar-refractivity contribution in [2.45, 2.75) is 23.4 Å². The Balaban J connectivity index is 1.40. The number of carbonyl (C=O) groups is 3. The highest BCUT2D eigenvalue weighted by Crippen LogP contribution is 2.23. The number of nitrogens with two attached hydrogens (primary N) is 1. The molecule has 2 atom stereocenters. The van der Waals surface area contributed by atoms with Crippen molar-refractivity contribution in [3.05, 3.63) is 96.7 Å². The van der Waals surface area contributed by atoms with Crippen molar-refractivity contribution in [2.24, 2.45) is 5.73 Å². The molecule has 3 aromatic carbocycles. The molecule has 4 aromatic rings. The molecule has 2 unspecified atom stereocenters. The molecule has 41 heavy (non-hydrogen) atoms. The number of benzene rings is 3. The molecule has 2 heterocycles. The van der Waals surface area contributed by atoms with Crippen molar-refractivity contribution in [2.75, 3.05) is 25.0 Å². The molecule has 11 nitrogen and oxygen atoms in total. The first-order valence-electron chi connectivity index (χ1n) is 13.1. The van der Waals surface area contributed by atoms with Crippen LogP contribution < -0.4 is 16.4 Å². The number of aromatic nitrogens is 1. The predicted molar refractivity (Wildman–Crippen MR) is 154 cm³/mol. The van der Waals surface area contributed by atoms with E-state index in [1.165, 1.54) is 17.0 Å². The number of H-pyrrole nitrogens is 1. The Kier molecular flexibility index (Phi) is 8.04. The quantitative estimate of drug-likeness (QED) is 0.254. The monoisotopic (exact) mass is 574 g/mol. The Morgan fingerprint density at radius 1 is 0.927 bits per heavy atom. The fraction of sp³-hybridized carbons (Fsp3) is 0.207. The third-order valence-corrected chi connectivity index (χ3v) is 8.98. The van der Waals surface area contributed by atoms with Gasteiger partial charge >= 0.3 is 6.03 Å². The summed E-state index contributed by atoms with van der Waals surface area (Å²) >= 11 is 0. The minimum atomic E-state index is -4.11. The van der Waals surface area contributed by atoms with E-state index in [0.29, 0.717) is 5.69 Å². The van der Waals surface area contributed by atoms with Crippen molar-refractivity contribution in [3.63, 3.8) is 0 Å². The number of hydrogen-bond donors (Lipinski definition) is 4. The maximum Gasteiger partial charge on any atom is 0.321 e. The first-order valence-corrected chi connectivity index (χ1v) is 14.5. The molecule has 12 heteroatoms. The van der Waals surface area contributed by atoms with Crippen LogP contribution >= 0.6 is 0 Å². The SMILES string of the molecule is NC(=O)C(Cc1c[nH]c2ccccc12)NC(=O)C1CN(C(=O)Nc2ccccc2)CCN1S(=O)(=O)c1ccccc1. The van der Waals surface area contributed by atoms with Gasteiger partial charge in [0.25, 0.3) is 0 Å². The zero-order chi connectivity index (χ0) is 29.0. The minimum absolute atomic E-state index is 0.0187. The number of fused-ring (bicyclic) bond motifs is 1. The fourth-order valence-corrected chi connectivity index (χ4v) is 6.51. The number of urea groups is 1. The molecule has 0 bridgehead atoms. The first kappa shape index (κ1) is 27.9. The number of nitrogens with zero attached hydrogens (tertiary/aromatic N) is 2. The lowest BCUT2D eigenvalue weighted by molar-refractivity contribution is -0.130. The second-order valence-corrected chi connectivity index (χ2v) is 11.6. The van der Waals surface area contributed by atoms with Crippen molar-refractivity contribution in [1.82, 2.24) is 19.5 Å². The number of amides is 4. The number of sulfonamides is 1. The number of carbonyl (C=O) groups excluding carboxylic acids is 3. The summed E-state index contributed by atoms with van der Waals surface area (Å²) in [4.78, 5) is 43.8. The van der Waals surface area contributed by atoms with Crippen LogP contribution in [0.1, 0.15) is 5.56 Å². The lowest BCUT2D eigenvalue weighted by Gasteiger charge is -2.39. The first-order chi connectivity index (χ1) is 19.7. The van der Waals surface area contributed by atoms with Crippen LogP contribution in [0, 0.1) is 0 Å². The molecule has 1 aliphatic rings. The Labute approximate surface area is 237 Å². The summed E-state index contributed by atoms with van der Waals surface area (Å²) in [5.41, 5.74) is 7.87. The van der Waals surface area contributed by atoms with Gasteiger partial charge in [0.05, 0.1) is 4.90 Å². The summed E-state index contributed by atoms with van der Waals surface area (Å²) in [6.07, 6.45) is 1.84. The van der Waals surface area contributed by atoms with E-state index < -0.39 is 40.0 Å². The highest BCUT2D eigenvalue weighted by Gasteiger charge is 2.42. The van der Waals surface area contributed by atoms with Gasteiger partial charge in [-0.05, 0) is 35.9 Å². The summed E-state index contributed by atoms with van der Waals surface area (Å²) in [6.45, 7) is -0.292. The van der Waals surface area contributed by atoms with Crippen LogP contribution in [0.2, 0.25) is 0 Å². The number of anilines is 1. The van der Waals surface area contributed by atoms with E-state index in [2.05, 4.69) is 15.6 Å². The molecule has 0 saturated carbocycles. The molecule has 1 aliphatic heterocycles. The van der Waals surface area contributed by atoms with Crippen LogP contribution in [-0.4, -0.2) is 72.2 Å². The number of nitrogens with one attached hydrogen (secondary N) is 3. The second-order valence-electron chi connectivity index (χ2n) is 9.71. The molecular formula is C29H30N6O5S. The molecular weight excluding hydrogens is 544 g/mol. The van der Waals surface area contributed by atoms with Gasteiger partial charge in [-0.15, -0.1) is 0 Å². The van der Waals surface area contributed by atoms with Crippen LogP contribution in [0.4, 0.5) is 10.5 Å². The van der Waals surface area contributed by atoms with E-state index in [1.807, 2.05) is 30.3 Å². The summed E-state index contributed by atoms with van der Waals surface area (Å²) in [5, 5.41) is 6.31. The predicted octanol–water partition coefficient (Wildman–Crippen LogP) is 2.29. The minimum Gasteiger partial charge on any atom is -0.368 e. The summed E-state index contributed by atoms with van der Waals surface area (Å²) in [6, 6.07) is 21.2. The third kappa shape index (κ3) is 6.08. The number of piperazine rings is 1. The third-order valence-electron chi connectivity index (χ3n) is 7.05. The van der Waals surface area contributed by atoms with Crippen molar-refractivity contribution in [3.8, 4) is 0 Å². The summed E-state index contributed by atoms with van der Waals surface area (Å²) in [7, 11) is -4.11. The number of rotatable bonds is 8. The molecule has 1 fully saturated rings. The molecule has 0 aliphatic carbocycles. The van der Waals surface area contributed by atoms with Gasteiger partial charge in [0.2, 0.25) is 21.8 Å². The van der Waals surface area contributed by atoms with Gasteiger partial charge in [-0.2, -0.15) is 4.31 Å². The largest absolute Gasteiger partial charge is 0.368 e. The van der Waals surface area contributed by atoms with Gasteiger partial charge in [0.1, 0.15) is 12.1 Å². The average molecular weight is 575 g/mol. The van der Waals surface area contributed by atoms with Gasteiger partial charge in [-0.1, -0.05) is 54.6 Å². The Hall–Kier alpha value is -4.68. The Bertz CT molecular complexity index is 1660. The topological polar surface area (TPSA) is 158 Å². The highest BCUT2D eigenvalue weighted by atomic mass is 32.2. The Morgan fingerprint density at radius 2 is 1.59 bits per heavy atom. The van der Waals surface area contributed by atoms with Gasteiger partial charge < -0.3 is 26.3 Å². The molecule has 5 rings (SSSR count). The fourth-order valence-electron chi connectivity index (χ4n) is 4.92. The highest BCUT2D eigenvalue weighted by molar-refractivity contribution is 7.89. The molecule has 5 N–H and O–H groups in total. The maximum absolute atomic E-state index is 13.7. The number of hydrogen-bond acceptors (Lipinski definition) is 5. The number of primary amides is 1. The Morgan fingerprint density at radius 3 is 2.29 bits per heavy atom. The van der Waals surface area contributed by atoms with E-state index in [-0.39, 0.29) is 31.0 Å². The van der Waals surface area contributed by atoms with Crippen LogP contribution in [0.3, 0.4) is 0 Å². The maximum atomic E-state index is 13.7. The van der Waals surface area contributed by atoms with Crippen molar-refractivity contribution in [1.29, 1.82) is 0 Å². The molecule has 0 spiro atoms.